The molecular formula is C34H31NO. The van der Waals surface area contributed by atoms with Crippen LogP contribution in [0.5, 0.6) is 0 Å². The van der Waals surface area contributed by atoms with Gasteiger partial charge in [-0.2, -0.15) is 0 Å². The molecule has 2 heteroatoms. The normalized spacial score (nSPS) is 12.2. The smallest absolute Gasteiger partial charge is 0.161 e. The number of benzene rings is 4. The molecule has 178 valence electrons. The fourth-order valence-electron chi connectivity index (χ4n) is 5.77. The first-order valence-electron chi connectivity index (χ1n) is 12.6. The van der Waals surface area contributed by atoms with Gasteiger partial charge < -0.3 is 4.42 Å². The van der Waals surface area contributed by atoms with E-state index >= 15 is 0 Å². The second-order valence-electron chi connectivity index (χ2n) is 11.1. The second kappa shape index (κ2) is 8.06. The molecule has 0 saturated carbocycles. The molecule has 0 aliphatic heterocycles. The molecular weight excluding hydrogens is 438 g/mol. The molecule has 2 nitrogen and oxygen atoms in total. The van der Waals surface area contributed by atoms with Crippen LogP contribution in [-0.2, 0) is 5.41 Å². The lowest BCUT2D eigenvalue weighted by Crippen LogP contribution is -2.12. The third-order valence-electron chi connectivity index (χ3n) is 7.30. The molecule has 0 N–H and O–H groups in total. The van der Waals surface area contributed by atoms with Gasteiger partial charge in [0.2, 0.25) is 0 Å². The number of aryl methyl sites for hydroxylation is 3. The van der Waals surface area contributed by atoms with Crippen molar-refractivity contribution in [2.75, 3.05) is 0 Å². The largest absolute Gasteiger partial charge is 0.454 e. The van der Waals surface area contributed by atoms with Crippen molar-refractivity contribution in [2.24, 2.45) is 0 Å². The van der Waals surface area contributed by atoms with Crippen molar-refractivity contribution >= 4 is 32.7 Å². The number of aromatic nitrogens is 1. The molecule has 0 bridgehead atoms. The number of pyridine rings is 1. The third-order valence-corrected chi connectivity index (χ3v) is 7.30. The summed E-state index contributed by atoms with van der Waals surface area (Å²) in [6, 6.07) is 26.3. The average Bonchev–Trinajstić information content (AvgIpc) is 3.20. The van der Waals surface area contributed by atoms with Crippen molar-refractivity contribution in [3.8, 4) is 22.4 Å². The van der Waals surface area contributed by atoms with E-state index < -0.39 is 0 Å². The molecule has 0 atom stereocenters. The molecule has 0 aliphatic carbocycles. The highest BCUT2D eigenvalue weighted by Gasteiger charge is 2.21. The molecule has 0 aliphatic rings. The van der Waals surface area contributed by atoms with E-state index in [9.17, 15) is 0 Å². The standard InChI is InChI=1S/C34H31NO/c1-20-15-21(2)31(22(3)16-20)24-11-12-27-28-13-14-35-32(33(28)36-30(27)19-24)25-17-23-9-7-8-10-26(23)29(18-25)34(4,5)6/h7-19H,1-6H3. The van der Waals surface area contributed by atoms with E-state index in [4.69, 9.17) is 9.40 Å². The summed E-state index contributed by atoms with van der Waals surface area (Å²) < 4.78 is 6.58. The Hall–Kier alpha value is -3.91. The van der Waals surface area contributed by atoms with Crippen LogP contribution in [0.4, 0.5) is 0 Å². The van der Waals surface area contributed by atoms with Gasteiger partial charge in [-0.3, -0.25) is 4.98 Å². The highest BCUT2D eigenvalue weighted by atomic mass is 16.3. The van der Waals surface area contributed by atoms with Gasteiger partial charge in [-0.15, -0.1) is 0 Å². The maximum Gasteiger partial charge on any atom is 0.161 e. The molecule has 0 amide bonds. The third kappa shape index (κ3) is 3.60. The van der Waals surface area contributed by atoms with Gasteiger partial charge in [-0.25, -0.2) is 0 Å². The molecule has 2 aromatic heterocycles. The zero-order valence-electron chi connectivity index (χ0n) is 21.9. The summed E-state index contributed by atoms with van der Waals surface area (Å²) in [6.45, 7) is 13.3. The van der Waals surface area contributed by atoms with Crippen molar-refractivity contribution in [3.05, 3.63) is 101 Å². The number of rotatable bonds is 2. The zero-order valence-corrected chi connectivity index (χ0v) is 21.9. The summed E-state index contributed by atoms with van der Waals surface area (Å²) in [6.07, 6.45) is 1.90. The van der Waals surface area contributed by atoms with Crippen LogP contribution in [0.25, 0.3) is 55.1 Å². The van der Waals surface area contributed by atoms with Crippen molar-refractivity contribution in [2.45, 2.75) is 47.0 Å². The average molecular weight is 470 g/mol. The predicted molar refractivity (Wildman–Crippen MR) is 153 cm³/mol. The number of hydrogen-bond donors (Lipinski definition) is 0. The van der Waals surface area contributed by atoms with E-state index in [1.807, 2.05) is 6.20 Å². The van der Waals surface area contributed by atoms with Gasteiger partial charge in [-0.05, 0) is 95.1 Å². The number of fused-ring (bicyclic) bond motifs is 4. The molecule has 0 spiro atoms. The molecule has 0 fully saturated rings. The molecule has 0 unspecified atom stereocenters. The van der Waals surface area contributed by atoms with Gasteiger partial charge in [0.1, 0.15) is 11.3 Å². The molecule has 2 heterocycles. The monoisotopic (exact) mass is 469 g/mol. The van der Waals surface area contributed by atoms with Crippen LogP contribution in [0.3, 0.4) is 0 Å². The lowest BCUT2D eigenvalue weighted by molar-refractivity contribution is 0.596. The minimum Gasteiger partial charge on any atom is -0.454 e. The van der Waals surface area contributed by atoms with E-state index in [2.05, 4.69) is 114 Å². The van der Waals surface area contributed by atoms with Gasteiger partial charge in [-0.1, -0.05) is 68.8 Å². The van der Waals surface area contributed by atoms with E-state index in [1.54, 1.807) is 0 Å². The van der Waals surface area contributed by atoms with Gasteiger partial charge in [0.25, 0.3) is 0 Å². The van der Waals surface area contributed by atoms with E-state index in [0.29, 0.717) is 0 Å². The topological polar surface area (TPSA) is 26.0 Å². The quantitative estimate of drug-likeness (QED) is 0.252. The minimum absolute atomic E-state index is 0.00997. The van der Waals surface area contributed by atoms with Crippen LogP contribution in [0.2, 0.25) is 0 Å². The van der Waals surface area contributed by atoms with Gasteiger partial charge >= 0.3 is 0 Å². The molecule has 36 heavy (non-hydrogen) atoms. The molecule has 6 rings (SSSR count). The van der Waals surface area contributed by atoms with E-state index in [0.717, 1.165) is 33.2 Å². The summed E-state index contributed by atoms with van der Waals surface area (Å²) in [5.41, 5.74) is 11.4. The lowest BCUT2D eigenvalue weighted by Gasteiger charge is -2.22. The molecule has 6 aromatic rings. The molecule has 0 radical (unpaired) electrons. The van der Waals surface area contributed by atoms with E-state index in [-0.39, 0.29) is 5.41 Å². The lowest BCUT2D eigenvalue weighted by atomic mass is 9.82. The van der Waals surface area contributed by atoms with E-state index in [1.165, 1.54) is 44.2 Å². The van der Waals surface area contributed by atoms with Crippen molar-refractivity contribution in [1.82, 2.24) is 4.98 Å². The number of hydrogen-bond acceptors (Lipinski definition) is 2. The first-order valence-corrected chi connectivity index (χ1v) is 12.6. The Morgan fingerprint density at radius 1 is 0.694 bits per heavy atom. The summed E-state index contributed by atoms with van der Waals surface area (Å²) in [4.78, 5) is 4.83. The summed E-state index contributed by atoms with van der Waals surface area (Å²) in [5, 5.41) is 4.74. The fraction of sp³-hybridized carbons (Fsp3) is 0.206. The van der Waals surface area contributed by atoms with Crippen molar-refractivity contribution in [1.29, 1.82) is 0 Å². The van der Waals surface area contributed by atoms with Gasteiger partial charge in [0.15, 0.2) is 5.58 Å². The van der Waals surface area contributed by atoms with Crippen LogP contribution < -0.4 is 0 Å². The minimum atomic E-state index is 0.00997. The molecule has 0 saturated heterocycles. The van der Waals surface area contributed by atoms with Crippen LogP contribution >= 0.6 is 0 Å². The highest BCUT2D eigenvalue weighted by Crippen LogP contribution is 2.40. The van der Waals surface area contributed by atoms with Crippen LogP contribution in [0.1, 0.15) is 43.0 Å². The maximum absolute atomic E-state index is 6.58. The Kier molecular flexibility index (Phi) is 5.05. The highest BCUT2D eigenvalue weighted by molar-refractivity contribution is 6.10. The van der Waals surface area contributed by atoms with Crippen molar-refractivity contribution in [3.63, 3.8) is 0 Å². The van der Waals surface area contributed by atoms with Crippen LogP contribution in [0, 0.1) is 20.8 Å². The van der Waals surface area contributed by atoms with Gasteiger partial charge in [0.05, 0.1) is 0 Å². The predicted octanol–water partition coefficient (Wildman–Crippen LogP) is 9.69. The second-order valence-corrected chi connectivity index (χ2v) is 11.1. The maximum atomic E-state index is 6.58. The summed E-state index contributed by atoms with van der Waals surface area (Å²) in [5.74, 6) is 0. The Morgan fingerprint density at radius 2 is 1.44 bits per heavy atom. The first kappa shape index (κ1) is 22.5. The Morgan fingerprint density at radius 3 is 2.19 bits per heavy atom. The summed E-state index contributed by atoms with van der Waals surface area (Å²) in [7, 11) is 0. The number of nitrogens with zero attached hydrogens (tertiary/aromatic N) is 1. The van der Waals surface area contributed by atoms with Gasteiger partial charge in [0, 0.05) is 22.5 Å². The Balaban J connectivity index is 1.58. The van der Waals surface area contributed by atoms with Crippen LogP contribution in [-0.4, -0.2) is 4.98 Å². The molecule has 4 aromatic carbocycles. The SMILES string of the molecule is Cc1cc(C)c(-c2ccc3c(c2)oc2c(-c4cc(C(C)(C)C)c5ccccc5c4)nccc23)c(C)c1. The Labute approximate surface area is 212 Å². The fourth-order valence-corrected chi connectivity index (χ4v) is 5.77. The first-order chi connectivity index (χ1) is 17.2. The Bertz CT molecular complexity index is 1770. The van der Waals surface area contributed by atoms with Crippen LogP contribution in [0.15, 0.2) is 83.4 Å². The van der Waals surface area contributed by atoms with Crippen molar-refractivity contribution < 1.29 is 4.42 Å². The number of furan rings is 1. The zero-order chi connectivity index (χ0) is 25.2. The summed E-state index contributed by atoms with van der Waals surface area (Å²) >= 11 is 0.